The minimum Gasteiger partial charge on any atom is -0.481 e. The molecule has 0 amide bonds. The van der Waals surface area contributed by atoms with E-state index >= 15 is 0 Å². The topological polar surface area (TPSA) is 70.0 Å². The van der Waals surface area contributed by atoms with Gasteiger partial charge in [-0.15, -0.1) is 0 Å². The van der Waals surface area contributed by atoms with Crippen LogP contribution in [-0.2, 0) is 9.53 Å². The SMILES string of the molecule is CCCN(C1CCCCC1O)C1COCC1C(=O)O. The van der Waals surface area contributed by atoms with Crippen molar-refractivity contribution in [2.24, 2.45) is 5.92 Å². The Bertz CT molecular complexity index is 310. The highest BCUT2D eigenvalue weighted by atomic mass is 16.5. The Morgan fingerprint density at radius 3 is 2.63 bits per heavy atom. The first-order chi connectivity index (χ1) is 9.15. The molecule has 19 heavy (non-hydrogen) atoms. The van der Waals surface area contributed by atoms with Gasteiger partial charge in [0.25, 0.3) is 0 Å². The van der Waals surface area contributed by atoms with Crippen LogP contribution in [0.15, 0.2) is 0 Å². The molecular formula is C14H25NO4. The maximum Gasteiger partial charge on any atom is 0.310 e. The number of rotatable bonds is 5. The lowest BCUT2D eigenvalue weighted by molar-refractivity contribution is -0.144. The molecule has 0 radical (unpaired) electrons. The molecule has 1 heterocycles. The van der Waals surface area contributed by atoms with E-state index in [4.69, 9.17) is 4.74 Å². The van der Waals surface area contributed by atoms with E-state index in [9.17, 15) is 15.0 Å². The third-order valence-corrected chi connectivity index (χ3v) is 4.40. The minimum atomic E-state index is -0.783. The highest BCUT2D eigenvalue weighted by Gasteiger charge is 2.42. The zero-order chi connectivity index (χ0) is 13.8. The highest BCUT2D eigenvalue weighted by Crippen LogP contribution is 2.29. The molecule has 0 aromatic carbocycles. The number of ether oxygens (including phenoxy) is 1. The van der Waals surface area contributed by atoms with Crippen molar-refractivity contribution in [1.82, 2.24) is 4.90 Å². The van der Waals surface area contributed by atoms with E-state index in [1.165, 1.54) is 0 Å². The molecule has 2 aliphatic rings. The van der Waals surface area contributed by atoms with Crippen LogP contribution in [0.3, 0.4) is 0 Å². The molecule has 4 atom stereocenters. The van der Waals surface area contributed by atoms with E-state index in [-0.39, 0.29) is 18.2 Å². The molecule has 2 fully saturated rings. The molecular weight excluding hydrogens is 246 g/mol. The number of aliphatic carboxylic acids is 1. The van der Waals surface area contributed by atoms with Crippen molar-refractivity contribution in [1.29, 1.82) is 0 Å². The fourth-order valence-electron chi connectivity index (χ4n) is 3.42. The van der Waals surface area contributed by atoms with Crippen LogP contribution >= 0.6 is 0 Å². The molecule has 0 spiro atoms. The van der Waals surface area contributed by atoms with Crippen molar-refractivity contribution in [3.63, 3.8) is 0 Å². The fourth-order valence-corrected chi connectivity index (χ4v) is 3.42. The second-order valence-electron chi connectivity index (χ2n) is 5.71. The van der Waals surface area contributed by atoms with Gasteiger partial charge in [0.15, 0.2) is 0 Å². The number of aliphatic hydroxyl groups excluding tert-OH is 1. The van der Waals surface area contributed by atoms with Crippen LogP contribution in [0.2, 0.25) is 0 Å². The molecule has 1 saturated carbocycles. The van der Waals surface area contributed by atoms with Crippen LogP contribution in [0.5, 0.6) is 0 Å². The summed E-state index contributed by atoms with van der Waals surface area (Å²) in [4.78, 5) is 13.5. The normalized spacial score (nSPS) is 35.7. The van der Waals surface area contributed by atoms with Gasteiger partial charge in [0.05, 0.1) is 25.2 Å². The molecule has 1 aliphatic carbocycles. The van der Waals surface area contributed by atoms with E-state index in [0.717, 1.165) is 38.6 Å². The molecule has 1 saturated heterocycles. The van der Waals surface area contributed by atoms with Gasteiger partial charge < -0.3 is 14.9 Å². The summed E-state index contributed by atoms with van der Waals surface area (Å²) in [6.07, 6.45) is 4.62. The zero-order valence-electron chi connectivity index (χ0n) is 11.6. The van der Waals surface area contributed by atoms with Crippen LogP contribution in [-0.4, -0.2) is 59.0 Å². The Labute approximate surface area is 114 Å². The van der Waals surface area contributed by atoms with E-state index < -0.39 is 11.9 Å². The van der Waals surface area contributed by atoms with Crippen LogP contribution in [0, 0.1) is 5.92 Å². The molecule has 0 aromatic rings. The summed E-state index contributed by atoms with van der Waals surface area (Å²) in [6.45, 7) is 3.69. The number of nitrogens with zero attached hydrogens (tertiary/aromatic N) is 1. The average molecular weight is 271 g/mol. The summed E-state index contributed by atoms with van der Waals surface area (Å²) < 4.78 is 5.38. The van der Waals surface area contributed by atoms with Crippen LogP contribution in [0.1, 0.15) is 39.0 Å². The second-order valence-corrected chi connectivity index (χ2v) is 5.71. The number of carboxylic acid groups (broad SMARTS) is 1. The summed E-state index contributed by atoms with van der Waals surface area (Å²) in [6, 6.07) is 0.0115. The lowest BCUT2D eigenvalue weighted by atomic mass is 9.88. The van der Waals surface area contributed by atoms with Gasteiger partial charge in [0.2, 0.25) is 0 Å². The largest absolute Gasteiger partial charge is 0.481 e. The number of hydrogen-bond acceptors (Lipinski definition) is 4. The maximum absolute atomic E-state index is 11.3. The smallest absolute Gasteiger partial charge is 0.310 e. The summed E-state index contributed by atoms with van der Waals surface area (Å²) >= 11 is 0. The van der Waals surface area contributed by atoms with Crippen molar-refractivity contribution in [3.05, 3.63) is 0 Å². The molecule has 4 unspecified atom stereocenters. The summed E-state index contributed by atoms with van der Waals surface area (Å²) in [5.74, 6) is -1.24. The van der Waals surface area contributed by atoms with Crippen molar-refractivity contribution in [2.75, 3.05) is 19.8 Å². The Morgan fingerprint density at radius 1 is 1.26 bits per heavy atom. The van der Waals surface area contributed by atoms with Gasteiger partial charge in [0, 0.05) is 12.1 Å². The third kappa shape index (κ3) is 3.27. The monoisotopic (exact) mass is 271 g/mol. The summed E-state index contributed by atoms with van der Waals surface area (Å²) in [7, 11) is 0. The van der Waals surface area contributed by atoms with Crippen molar-refractivity contribution in [3.8, 4) is 0 Å². The standard InChI is InChI=1S/C14H25NO4/c1-2-7-15(11-5-3-4-6-13(11)16)12-9-19-8-10(12)14(17)18/h10-13,16H,2-9H2,1H3,(H,17,18). The fraction of sp³-hybridized carbons (Fsp3) is 0.929. The van der Waals surface area contributed by atoms with Gasteiger partial charge in [-0.1, -0.05) is 19.8 Å². The molecule has 110 valence electrons. The van der Waals surface area contributed by atoms with Gasteiger partial charge in [-0.25, -0.2) is 0 Å². The van der Waals surface area contributed by atoms with Crippen molar-refractivity contribution >= 4 is 5.97 Å². The van der Waals surface area contributed by atoms with Crippen LogP contribution in [0.25, 0.3) is 0 Å². The molecule has 5 heteroatoms. The molecule has 2 N–H and O–H groups in total. The average Bonchev–Trinajstić information content (AvgIpc) is 2.86. The maximum atomic E-state index is 11.3. The highest BCUT2D eigenvalue weighted by molar-refractivity contribution is 5.71. The first kappa shape index (κ1) is 14.8. The van der Waals surface area contributed by atoms with E-state index in [1.54, 1.807) is 0 Å². The molecule has 5 nitrogen and oxygen atoms in total. The Morgan fingerprint density at radius 2 is 2.00 bits per heavy atom. The van der Waals surface area contributed by atoms with Gasteiger partial charge in [-0.3, -0.25) is 9.69 Å². The first-order valence-corrected chi connectivity index (χ1v) is 7.39. The van der Waals surface area contributed by atoms with E-state index in [1.807, 2.05) is 0 Å². The van der Waals surface area contributed by atoms with Gasteiger partial charge in [0.1, 0.15) is 0 Å². The zero-order valence-corrected chi connectivity index (χ0v) is 11.6. The molecule has 1 aliphatic heterocycles. The summed E-state index contributed by atoms with van der Waals surface area (Å²) in [5, 5.41) is 19.5. The predicted molar refractivity (Wildman–Crippen MR) is 71.0 cm³/mol. The number of hydrogen-bond donors (Lipinski definition) is 2. The van der Waals surface area contributed by atoms with Gasteiger partial charge in [-0.05, 0) is 25.8 Å². The molecule has 0 bridgehead atoms. The Hall–Kier alpha value is -0.650. The van der Waals surface area contributed by atoms with Crippen LogP contribution in [0.4, 0.5) is 0 Å². The lowest BCUT2D eigenvalue weighted by Gasteiger charge is -2.41. The third-order valence-electron chi connectivity index (χ3n) is 4.40. The van der Waals surface area contributed by atoms with Crippen molar-refractivity contribution in [2.45, 2.75) is 57.2 Å². The molecule has 2 rings (SSSR count). The minimum absolute atomic E-state index is 0.0878. The number of aliphatic hydroxyl groups is 1. The number of carbonyl (C=O) groups is 1. The van der Waals surface area contributed by atoms with E-state index in [2.05, 4.69) is 11.8 Å². The van der Waals surface area contributed by atoms with Crippen molar-refractivity contribution < 1.29 is 19.7 Å². The molecule has 0 aromatic heterocycles. The number of carboxylic acids is 1. The van der Waals surface area contributed by atoms with Gasteiger partial charge >= 0.3 is 5.97 Å². The predicted octanol–water partition coefficient (Wildman–Crippen LogP) is 1.10. The summed E-state index contributed by atoms with van der Waals surface area (Å²) in [5.41, 5.74) is 0. The Balaban J connectivity index is 2.11. The van der Waals surface area contributed by atoms with Crippen LogP contribution < -0.4 is 0 Å². The second kappa shape index (κ2) is 6.68. The van der Waals surface area contributed by atoms with E-state index in [0.29, 0.717) is 13.2 Å². The van der Waals surface area contributed by atoms with Gasteiger partial charge in [-0.2, -0.15) is 0 Å². The first-order valence-electron chi connectivity index (χ1n) is 7.39. The lowest BCUT2D eigenvalue weighted by Crippen LogP contribution is -2.54. The quantitative estimate of drug-likeness (QED) is 0.783. The Kier molecular flexibility index (Phi) is 5.19.